The maximum atomic E-state index is 10.3. The van der Waals surface area contributed by atoms with E-state index in [1.54, 1.807) is 4.57 Å². The van der Waals surface area contributed by atoms with E-state index in [0.717, 1.165) is 0 Å². The van der Waals surface area contributed by atoms with Crippen LogP contribution >= 0.6 is 8.25 Å². The van der Waals surface area contributed by atoms with Gasteiger partial charge in [-0.15, -0.1) is 0 Å². The van der Waals surface area contributed by atoms with Gasteiger partial charge in [0.15, 0.2) is 11.5 Å². The molecule has 2 aromatic heterocycles. The molecule has 0 aliphatic carbocycles. The van der Waals surface area contributed by atoms with Crippen LogP contribution in [-0.4, -0.2) is 37.6 Å². The van der Waals surface area contributed by atoms with Gasteiger partial charge in [0.05, 0.1) is 19.5 Å². The van der Waals surface area contributed by atoms with Crippen LogP contribution in [0.15, 0.2) is 12.7 Å². The van der Waals surface area contributed by atoms with Crippen molar-refractivity contribution in [3.8, 4) is 0 Å². The van der Waals surface area contributed by atoms with E-state index in [9.17, 15) is 4.57 Å². The highest BCUT2D eigenvalue weighted by Crippen LogP contribution is 2.15. The van der Waals surface area contributed by atoms with E-state index in [-0.39, 0.29) is 19.9 Å². The van der Waals surface area contributed by atoms with Crippen molar-refractivity contribution in [1.29, 1.82) is 0 Å². The summed E-state index contributed by atoms with van der Waals surface area (Å²) in [7, 11) is -2.89. The first-order valence-electron chi connectivity index (χ1n) is 5.03. The molecule has 98 valence electrons. The Morgan fingerprint density at radius 3 is 3.00 bits per heavy atom. The highest BCUT2D eigenvalue weighted by molar-refractivity contribution is 7.32. The lowest BCUT2D eigenvalue weighted by atomic mass is 10.5. The molecule has 9 nitrogen and oxygen atoms in total. The van der Waals surface area contributed by atoms with Crippen LogP contribution in [0.3, 0.4) is 0 Å². The highest BCUT2D eigenvalue weighted by atomic mass is 31.1. The van der Waals surface area contributed by atoms with Crippen molar-refractivity contribution in [2.24, 2.45) is 0 Å². The number of imidazole rings is 1. The molecule has 2 rings (SSSR count). The predicted molar refractivity (Wildman–Crippen MR) is 62.9 cm³/mol. The summed E-state index contributed by atoms with van der Waals surface area (Å²) in [6.07, 6.45) is 2.88. The van der Waals surface area contributed by atoms with E-state index in [1.165, 1.54) is 12.7 Å². The molecule has 18 heavy (non-hydrogen) atoms. The Labute approximate surface area is 103 Å². The summed E-state index contributed by atoms with van der Waals surface area (Å²) in [4.78, 5) is 20.4. The molecule has 0 aliphatic rings. The van der Waals surface area contributed by atoms with Gasteiger partial charge in [-0.25, -0.2) is 15.0 Å². The summed E-state index contributed by atoms with van der Waals surface area (Å²) in [5.74, 6) is 0.306. The number of aromatic nitrogens is 4. The molecular weight excluding hydrogens is 261 g/mol. The van der Waals surface area contributed by atoms with Crippen molar-refractivity contribution in [2.75, 3.05) is 18.9 Å². The van der Waals surface area contributed by atoms with Gasteiger partial charge in [-0.05, 0) is 0 Å². The molecule has 2 heterocycles. The Morgan fingerprint density at radius 2 is 2.22 bits per heavy atom. The third-order valence-electron chi connectivity index (χ3n) is 2.11. The maximum absolute atomic E-state index is 10.3. The number of nitrogens with zero attached hydrogens (tertiary/aromatic N) is 4. The lowest BCUT2D eigenvalue weighted by Gasteiger charge is -2.05. The first-order chi connectivity index (χ1) is 8.68. The van der Waals surface area contributed by atoms with Crippen LogP contribution in [0.4, 0.5) is 5.82 Å². The third-order valence-corrected chi connectivity index (χ3v) is 2.56. The van der Waals surface area contributed by atoms with Crippen molar-refractivity contribution in [3.05, 3.63) is 12.7 Å². The minimum Gasteiger partial charge on any atom is -0.382 e. The zero-order valence-electron chi connectivity index (χ0n) is 9.31. The molecule has 0 spiro atoms. The number of anilines is 1. The monoisotopic (exact) mass is 273 g/mol. The molecular formula is C8H12N5O4P. The van der Waals surface area contributed by atoms with Gasteiger partial charge in [-0.3, -0.25) is 9.13 Å². The third kappa shape index (κ3) is 3.02. The number of hydrogen-bond acceptors (Lipinski definition) is 7. The molecule has 0 bridgehead atoms. The summed E-state index contributed by atoms with van der Waals surface area (Å²) in [5.41, 5.74) is 6.71. The smallest absolute Gasteiger partial charge is 0.316 e. The second-order valence-corrected chi connectivity index (χ2v) is 4.12. The van der Waals surface area contributed by atoms with Gasteiger partial charge in [0.1, 0.15) is 18.6 Å². The fraction of sp³-hybridized carbons (Fsp3) is 0.375. The first-order valence-corrected chi connectivity index (χ1v) is 6.29. The molecule has 0 aliphatic heterocycles. The molecule has 0 aromatic carbocycles. The Hall–Kier alpha value is -1.54. The second kappa shape index (κ2) is 5.87. The van der Waals surface area contributed by atoms with Crippen LogP contribution in [0.1, 0.15) is 0 Å². The number of nitrogens with two attached hydrogens (primary N) is 1. The summed E-state index contributed by atoms with van der Waals surface area (Å²) < 4.78 is 21.6. The summed E-state index contributed by atoms with van der Waals surface area (Å²) in [6.45, 7) is 0.442. The van der Waals surface area contributed by atoms with Gasteiger partial charge in [-0.1, -0.05) is 0 Å². The summed E-state index contributed by atoms with van der Waals surface area (Å²) in [5, 5.41) is 0. The van der Waals surface area contributed by atoms with E-state index < -0.39 is 8.25 Å². The Bertz CT molecular complexity index is 559. The molecule has 3 N–H and O–H groups in total. The van der Waals surface area contributed by atoms with Crippen molar-refractivity contribution in [1.82, 2.24) is 19.5 Å². The highest BCUT2D eigenvalue weighted by Gasteiger charge is 2.07. The van der Waals surface area contributed by atoms with Crippen LogP contribution in [0.5, 0.6) is 0 Å². The quantitative estimate of drug-likeness (QED) is 0.546. The van der Waals surface area contributed by atoms with Crippen LogP contribution in [-0.2, 0) is 20.6 Å². The van der Waals surface area contributed by atoms with Gasteiger partial charge in [-0.2, -0.15) is 0 Å². The Kier molecular flexibility index (Phi) is 4.21. The molecule has 0 saturated heterocycles. The molecule has 0 amide bonds. The van der Waals surface area contributed by atoms with Crippen LogP contribution in [0.25, 0.3) is 11.2 Å². The van der Waals surface area contributed by atoms with E-state index in [1.807, 2.05) is 0 Å². The van der Waals surface area contributed by atoms with Crippen molar-refractivity contribution in [3.63, 3.8) is 0 Å². The average Bonchev–Trinajstić information content (AvgIpc) is 2.73. The number of hydrogen-bond donors (Lipinski definition) is 2. The fourth-order valence-corrected chi connectivity index (χ4v) is 1.60. The fourth-order valence-electron chi connectivity index (χ4n) is 1.34. The van der Waals surface area contributed by atoms with Gasteiger partial charge >= 0.3 is 8.25 Å². The number of ether oxygens (including phenoxy) is 1. The van der Waals surface area contributed by atoms with Gasteiger partial charge in [0, 0.05) is 0 Å². The molecule has 0 fully saturated rings. The number of nitrogen functional groups attached to an aromatic ring is 1. The number of fused-ring (bicyclic) bond motifs is 1. The normalized spacial score (nSPS) is 12.9. The maximum Gasteiger partial charge on any atom is 0.316 e. The minimum atomic E-state index is -2.89. The lowest BCUT2D eigenvalue weighted by Crippen LogP contribution is -2.06. The zero-order chi connectivity index (χ0) is 13.0. The van der Waals surface area contributed by atoms with Crippen LogP contribution in [0, 0.1) is 0 Å². The SMILES string of the molecule is Nc1ncnc2c1ncn2COCCO[PH](=O)O. The molecule has 1 atom stereocenters. The van der Waals surface area contributed by atoms with Crippen molar-refractivity contribution >= 4 is 25.2 Å². The zero-order valence-corrected chi connectivity index (χ0v) is 10.3. The first kappa shape index (κ1) is 12.9. The van der Waals surface area contributed by atoms with E-state index in [2.05, 4.69) is 19.5 Å². The molecule has 1 unspecified atom stereocenters. The lowest BCUT2D eigenvalue weighted by molar-refractivity contribution is 0.0549. The van der Waals surface area contributed by atoms with Crippen LogP contribution < -0.4 is 5.73 Å². The standard InChI is InChI=1S/C8H12N5O4P/c9-7-6-8(11-3-10-7)13(4-12-6)5-16-1-2-17-18(14)15/h3-4,18H,1-2,5H2,(H,14,15)(H2,9,10,11). The molecule has 0 saturated carbocycles. The van der Waals surface area contributed by atoms with E-state index in [4.69, 9.17) is 15.4 Å². The van der Waals surface area contributed by atoms with Crippen LogP contribution in [0.2, 0.25) is 0 Å². The molecule has 0 radical (unpaired) electrons. The van der Waals surface area contributed by atoms with Gasteiger partial charge < -0.3 is 19.9 Å². The van der Waals surface area contributed by atoms with E-state index in [0.29, 0.717) is 17.0 Å². The van der Waals surface area contributed by atoms with E-state index >= 15 is 0 Å². The summed E-state index contributed by atoms with van der Waals surface area (Å²) >= 11 is 0. The van der Waals surface area contributed by atoms with Crippen molar-refractivity contribution in [2.45, 2.75) is 6.73 Å². The Balaban J connectivity index is 1.92. The largest absolute Gasteiger partial charge is 0.382 e. The topological polar surface area (TPSA) is 125 Å². The van der Waals surface area contributed by atoms with Crippen molar-refractivity contribution < 1.29 is 18.7 Å². The van der Waals surface area contributed by atoms with Gasteiger partial charge in [0.25, 0.3) is 0 Å². The molecule has 10 heteroatoms. The Morgan fingerprint density at radius 1 is 1.39 bits per heavy atom. The predicted octanol–water partition coefficient (Wildman–Crippen LogP) is -0.219. The second-order valence-electron chi connectivity index (χ2n) is 3.30. The molecule has 2 aromatic rings. The average molecular weight is 273 g/mol. The van der Waals surface area contributed by atoms with Gasteiger partial charge in [0.2, 0.25) is 0 Å². The minimum absolute atomic E-state index is 0.0536. The number of rotatable bonds is 6. The summed E-state index contributed by atoms with van der Waals surface area (Å²) in [6, 6.07) is 0.